The molecule has 1 atom stereocenters. The number of nitrogens with one attached hydrogen (secondary N) is 1. The van der Waals surface area contributed by atoms with Crippen LogP contribution in [-0.2, 0) is 18.8 Å². The Morgan fingerprint density at radius 1 is 0.906 bits per heavy atom. The zero-order valence-corrected chi connectivity index (χ0v) is 17.5. The van der Waals surface area contributed by atoms with Crippen LogP contribution in [0.5, 0.6) is 5.75 Å². The maximum atomic E-state index is 6.97. The van der Waals surface area contributed by atoms with E-state index in [0.717, 1.165) is 39.3 Å². The summed E-state index contributed by atoms with van der Waals surface area (Å²) < 4.78 is 11.9. The predicted octanol–water partition coefficient (Wildman–Crippen LogP) is 4.60. The van der Waals surface area contributed by atoms with Crippen LogP contribution in [0.3, 0.4) is 0 Å². The number of furan rings is 1. The van der Waals surface area contributed by atoms with Gasteiger partial charge in [-0.05, 0) is 35.9 Å². The van der Waals surface area contributed by atoms with Gasteiger partial charge in [-0.2, -0.15) is 0 Å². The molecule has 0 spiro atoms. The van der Waals surface area contributed by atoms with Crippen molar-refractivity contribution in [2.45, 2.75) is 18.8 Å². The minimum absolute atomic E-state index is 0.424. The monoisotopic (exact) mass is 424 g/mol. The lowest BCUT2D eigenvalue weighted by Crippen LogP contribution is -2.39. The Balaban J connectivity index is 1.54. The average molecular weight is 425 g/mol. The molecular formula is C26H24N4O2. The van der Waals surface area contributed by atoms with Crippen LogP contribution >= 0.6 is 0 Å². The van der Waals surface area contributed by atoms with Crippen LogP contribution in [0.15, 0.2) is 94.5 Å². The van der Waals surface area contributed by atoms with Crippen LogP contribution in [0, 0.1) is 0 Å². The first-order chi connectivity index (χ1) is 15.7. The van der Waals surface area contributed by atoms with E-state index >= 15 is 0 Å². The zero-order chi connectivity index (χ0) is 22.0. The van der Waals surface area contributed by atoms with Crippen LogP contribution < -0.4 is 21.5 Å². The maximum Gasteiger partial charge on any atom is 0.167 e. The highest BCUT2D eigenvalue weighted by Gasteiger charge is 2.36. The van der Waals surface area contributed by atoms with Gasteiger partial charge in [0.25, 0.3) is 0 Å². The number of benzene rings is 3. The van der Waals surface area contributed by atoms with Crippen molar-refractivity contribution in [1.29, 1.82) is 0 Å². The summed E-state index contributed by atoms with van der Waals surface area (Å²) >= 11 is 0. The third-order valence-corrected chi connectivity index (χ3v) is 5.63. The second-order valence-corrected chi connectivity index (χ2v) is 7.72. The van der Waals surface area contributed by atoms with Crippen molar-refractivity contribution in [2.24, 2.45) is 16.5 Å². The van der Waals surface area contributed by atoms with Crippen LogP contribution in [0.2, 0.25) is 0 Å². The average Bonchev–Trinajstić information content (AvgIpc) is 3.33. The fraction of sp³-hybridized carbons (Fsp3) is 0.115. The molecule has 0 saturated heterocycles. The molecule has 3 aromatic carbocycles. The van der Waals surface area contributed by atoms with Gasteiger partial charge in [0.05, 0.1) is 12.6 Å². The minimum Gasteiger partial charge on any atom is -0.488 e. The molecule has 0 bridgehead atoms. The Labute approximate surface area is 186 Å². The smallest absolute Gasteiger partial charge is 0.167 e. The quantitative estimate of drug-likeness (QED) is 0.420. The molecule has 6 heteroatoms. The van der Waals surface area contributed by atoms with E-state index in [0.29, 0.717) is 18.9 Å². The van der Waals surface area contributed by atoms with Crippen molar-refractivity contribution in [3.8, 4) is 17.1 Å². The molecule has 0 fully saturated rings. The van der Waals surface area contributed by atoms with E-state index in [9.17, 15) is 0 Å². The van der Waals surface area contributed by atoms with Gasteiger partial charge in [0.15, 0.2) is 5.66 Å². The summed E-state index contributed by atoms with van der Waals surface area (Å²) in [4.78, 5) is 4.66. The van der Waals surface area contributed by atoms with Crippen LogP contribution in [-0.4, -0.2) is 6.34 Å². The van der Waals surface area contributed by atoms with Gasteiger partial charge in [-0.1, -0.05) is 48.5 Å². The van der Waals surface area contributed by atoms with Gasteiger partial charge in [0, 0.05) is 34.5 Å². The van der Waals surface area contributed by atoms with E-state index in [1.807, 2.05) is 78.9 Å². The molecule has 6 nitrogen and oxygen atoms in total. The summed E-state index contributed by atoms with van der Waals surface area (Å²) in [5.74, 6) is 1.43. The minimum atomic E-state index is -1.12. The molecule has 5 rings (SSSR count). The summed E-state index contributed by atoms with van der Waals surface area (Å²) in [6, 6.07) is 25.7. The normalized spacial score (nSPS) is 16.9. The van der Waals surface area contributed by atoms with Crippen molar-refractivity contribution in [2.75, 3.05) is 5.32 Å². The van der Waals surface area contributed by atoms with Gasteiger partial charge in [-0.15, -0.1) is 0 Å². The van der Waals surface area contributed by atoms with E-state index in [4.69, 9.17) is 20.6 Å². The Bertz CT molecular complexity index is 1270. The highest BCUT2D eigenvalue weighted by Crippen LogP contribution is 2.41. The fourth-order valence-corrected chi connectivity index (χ4v) is 3.90. The topological polar surface area (TPSA) is 98.8 Å². The Kier molecular flexibility index (Phi) is 5.23. The predicted molar refractivity (Wildman–Crippen MR) is 126 cm³/mol. The molecule has 32 heavy (non-hydrogen) atoms. The zero-order valence-electron chi connectivity index (χ0n) is 17.5. The van der Waals surface area contributed by atoms with E-state index in [2.05, 4.69) is 10.3 Å². The molecule has 0 aliphatic carbocycles. The number of hydrogen-bond acceptors (Lipinski definition) is 6. The van der Waals surface area contributed by atoms with Gasteiger partial charge in [-0.3, -0.25) is 5.73 Å². The first kappa shape index (κ1) is 20.1. The Morgan fingerprint density at radius 3 is 2.53 bits per heavy atom. The number of fused-ring (bicyclic) bond motifs is 1. The molecule has 0 amide bonds. The number of rotatable bonds is 6. The molecule has 1 aliphatic heterocycles. The van der Waals surface area contributed by atoms with Crippen molar-refractivity contribution in [3.63, 3.8) is 0 Å². The van der Waals surface area contributed by atoms with Crippen molar-refractivity contribution in [3.05, 3.63) is 107 Å². The van der Waals surface area contributed by atoms with E-state index in [1.165, 1.54) is 0 Å². The van der Waals surface area contributed by atoms with Crippen LogP contribution in [0.25, 0.3) is 11.3 Å². The van der Waals surface area contributed by atoms with Crippen LogP contribution in [0.1, 0.15) is 22.3 Å². The van der Waals surface area contributed by atoms with E-state index in [-0.39, 0.29) is 0 Å². The van der Waals surface area contributed by atoms with Gasteiger partial charge >= 0.3 is 0 Å². The highest BCUT2D eigenvalue weighted by atomic mass is 16.5. The lowest BCUT2D eigenvalue weighted by molar-refractivity contribution is 0.297. The second-order valence-electron chi connectivity index (χ2n) is 7.72. The number of nitrogens with zero attached hydrogens (tertiary/aromatic N) is 1. The third-order valence-electron chi connectivity index (χ3n) is 5.63. The number of nitrogens with two attached hydrogens (primary N) is 2. The highest BCUT2D eigenvalue weighted by molar-refractivity contribution is 5.84. The first-order valence-corrected chi connectivity index (χ1v) is 10.4. The van der Waals surface area contributed by atoms with Gasteiger partial charge < -0.3 is 20.2 Å². The summed E-state index contributed by atoms with van der Waals surface area (Å²) in [6.45, 7) is 0.865. The largest absolute Gasteiger partial charge is 0.488 e. The first-order valence-electron chi connectivity index (χ1n) is 10.4. The standard InChI is InChI=1S/C26H24N4O2/c27-14-19-12-25(32-16-19)20-10-11-23-22(13-20)26(28,30-17-29-23)21-8-4-5-9-24(21)31-15-18-6-2-1-3-7-18/h1-13,16-17H,14-15,27-28H2,(H,29,30). The van der Waals surface area contributed by atoms with Crippen LogP contribution in [0.4, 0.5) is 5.69 Å². The third kappa shape index (κ3) is 3.66. The van der Waals surface area contributed by atoms with Crippen molar-refractivity contribution < 1.29 is 9.15 Å². The lowest BCUT2D eigenvalue weighted by atomic mass is 9.88. The van der Waals surface area contributed by atoms with Gasteiger partial charge in [0.1, 0.15) is 18.1 Å². The van der Waals surface area contributed by atoms with Crippen molar-refractivity contribution >= 4 is 12.0 Å². The van der Waals surface area contributed by atoms with Crippen molar-refractivity contribution in [1.82, 2.24) is 0 Å². The van der Waals surface area contributed by atoms with Gasteiger partial charge in [-0.25, -0.2) is 4.99 Å². The van der Waals surface area contributed by atoms with Gasteiger partial charge in [0.2, 0.25) is 0 Å². The molecular weight excluding hydrogens is 400 g/mol. The molecule has 1 aromatic heterocycles. The van der Waals surface area contributed by atoms with E-state index in [1.54, 1.807) is 12.6 Å². The number of ether oxygens (including phenoxy) is 1. The summed E-state index contributed by atoms with van der Waals surface area (Å²) in [5, 5.41) is 3.20. The molecule has 1 aliphatic rings. The molecule has 1 unspecified atom stereocenters. The lowest BCUT2D eigenvalue weighted by Gasteiger charge is -2.33. The molecule has 160 valence electrons. The number of anilines is 1. The molecule has 0 saturated carbocycles. The molecule has 0 radical (unpaired) electrons. The molecule has 2 heterocycles. The Hall–Kier alpha value is -3.87. The molecule has 5 N–H and O–H groups in total. The fourth-order valence-electron chi connectivity index (χ4n) is 3.90. The summed E-state index contributed by atoms with van der Waals surface area (Å²) in [7, 11) is 0. The number of para-hydroxylation sites is 1. The second kappa shape index (κ2) is 8.34. The summed E-state index contributed by atoms with van der Waals surface area (Å²) in [5.41, 5.74) is 17.0. The van der Waals surface area contributed by atoms with E-state index < -0.39 is 5.66 Å². The summed E-state index contributed by atoms with van der Waals surface area (Å²) in [6.07, 6.45) is 3.31. The molecule has 4 aromatic rings. The SMILES string of the molecule is NCc1coc(-c2ccc3c(c2)C(N)(c2ccccc2OCc2ccccc2)N=CN3)c1. The maximum absolute atomic E-state index is 6.97. The number of aliphatic imine (C=N–C) groups is 1. The number of hydrogen-bond donors (Lipinski definition) is 3. The Morgan fingerprint density at radius 2 is 1.72 bits per heavy atom.